The summed E-state index contributed by atoms with van der Waals surface area (Å²) in [6.07, 6.45) is 9.14. The van der Waals surface area contributed by atoms with Gasteiger partial charge in [0.1, 0.15) is 6.67 Å². The summed E-state index contributed by atoms with van der Waals surface area (Å²) in [6, 6.07) is 8.60. The number of pyridine rings is 1. The molecule has 2 aromatic heterocycles. The smallest absolute Gasteiger partial charge is 0.230 e. The summed E-state index contributed by atoms with van der Waals surface area (Å²) >= 11 is 8.32. The van der Waals surface area contributed by atoms with E-state index in [-0.39, 0.29) is 24.0 Å². The molecule has 2 amide bonds. The van der Waals surface area contributed by atoms with Gasteiger partial charge in [-0.25, -0.2) is 4.39 Å². The molecule has 4 aliphatic rings. The van der Waals surface area contributed by atoms with E-state index in [1.54, 1.807) is 11.3 Å². The molecule has 1 saturated carbocycles. The highest BCUT2D eigenvalue weighted by atomic mass is 35.5. The number of thiophene rings is 1. The first-order valence-corrected chi connectivity index (χ1v) is 15.3. The lowest BCUT2D eigenvalue weighted by Gasteiger charge is -2.45. The van der Waals surface area contributed by atoms with Crippen LogP contribution >= 0.6 is 22.9 Å². The highest BCUT2D eigenvalue weighted by Crippen LogP contribution is 2.50. The Hall–Kier alpha value is -2.55. The Bertz CT molecular complexity index is 1450. The molecule has 2 saturated heterocycles. The first-order chi connectivity index (χ1) is 19.0. The number of amides is 2. The molecule has 3 aromatic rings. The first kappa shape index (κ1) is 25.4. The number of alkyl halides is 1. The van der Waals surface area contributed by atoms with Gasteiger partial charge in [0.2, 0.25) is 11.8 Å². The van der Waals surface area contributed by atoms with E-state index in [0.717, 1.165) is 63.6 Å². The van der Waals surface area contributed by atoms with E-state index in [1.165, 1.54) is 35.4 Å². The molecule has 1 atom stereocenters. The van der Waals surface area contributed by atoms with Gasteiger partial charge in [0.05, 0.1) is 16.8 Å². The molecule has 0 bridgehead atoms. The van der Waals surface area contributed by atoms with Crippen LogP contribution in [0.4, 0.5) is 10.1 Å². The molecule has 0 N–H and O–H groups in total. The van der Waals surface area contributed by atoms with Crippen molar-refractivity contribution >= 4 is 50.7 Å². The lowest BCUT2D eigenvalue weighted by molar-refractivity contribution is -0.138. The van der Waals surface area contributed by atoms with Crippen LogP contribution in [0.3, 0.4) is 0 Å². The zero-order valence-electron chi connectivity index (χ0n) is 21.9. The number of nitrogens with zero attached hydrogens (tertiary/aromatic N) is 4. The van der Waals surface area contributed by atoms with Gasteiger partial charge in [-0.1, -0.05) is 11.6 Å². The molecule has 5 heterocycles. The van der Waals surface area contributed by atoms with E-state index in [0.29, 0.717) is 32.0 Å². The molecular formula is C30H32ClFN4O2S. The van der Waals surface area contributed by atoms with Crippen LogP contribution in [-0.2, 0) is 22.6 Å². The van der Waals surface area contributed by atoms with Crippen LogP contribution in [-0.4, -0.2) is 64.5 Å². The molecule has 6 nitrogen and oxygen atoms in total. The lowest BCUT2D eigenvalue weighted by atomic mass is 9.74. The van der Waals surface area contributed by atoms with Gasteiger partial charge < -0.3 is 4.90 Å². The van der Waals surface area contributed by atoms with Gasteiger partial charge >= 0.3 is 0 Å². The second-order valence-electron chi connectivity index (χ2n) is 11.5. The van der Waals surface area contributed by atoms with E-state index in [2.05, 4.69) is 33.0 Å². The molecule has 204 valence electrons. The third-order valence-electron chi connectivity index (χ3n) is 9.30. The number of imide groups is 1. The van der Waals surface area contributed by atoms with Crippen LogP contribution in [0.15, 0.2) is 30.5 Å². The fraction of sp³-hybridized carbons (Fsp3) is 0.500. The predicted molar refractivity (Wildman–Crippen MR) is 153 cm³/mol. The van der Waals surface area contributed by atoms with E-state index >= 15 is 0 Å². The number of halogens is 2. The van der Waals surface area contributed by atoms with Gasteiger partial charge in [-0.2, -0.15) is 0 Å². The number of likely N-dealkylation sites (tertiary alicyclic amines) is 2. The van der Waals surface area contributed by atoms with Crippen molar-refractivity contribution in [2.75, 3.05) is 31.2 Å². The highest BCUT2D eigenvalue weighted by Gasteiger charge is 2.51. The van der Waals surface area contributed by atoms with Crippen LogP contribution in [0.1, 0.15) is 55.4 Å². The number of carbonyl (C=O) groups excluding carboxylic acids is 2. The topological polar surface area (TPSA) is 56.8 Å². The van der Waals surface area contributed by atoms with Crippen molar-refractivity contribution in [3.63, 3.8) is 0 Å². The molecule has 1 aromatic carbocycles. The average Bonchev–Trinajstić information content (AvgIpc) is 3.59. The quantitative estimate of drug-likeness (QED) is 0.343. The zero-order chi connectivity index (χ0) is 26.7. The van der Waals surface area contributed by atoms with E-state index < -0.39 is 0 Å². The van der Waals surface area contributed by atoms with Gasteiger partial charge in [-0.15, -0.1) is 11.3 Å². The Morgan fingerprint density at radius 3 is 2.64 bits per heavy atom. The number of anilines is 1. The Labute approximate surface area is 236 Å². The summed E-state index contributed by atoms with van der Waals surface area (Å²) in [5.41, 5.74) is 5.74. The number of benzene rings is 1. The van der Waals surface area contributed by atoms with Crippen molar-refractivity contribution in [3.05, 3.63) is 45.9 Å². The minimum atomic E-state index is -0.295. The van der Waals surface area contributed by atoms with Crippen LogP contribution in [0, 0.1) is 0 Å². The van der Waals surface area contributed by atoms with Gasteiger partial charge in [0, 0.05) is 77.0 Å². The Morgan fingerprint density at radius 2 is 1.90 bits per heavy atom. The fourth-order valence-corrected chi connectivity index (χ4v) is 8.74. The third kappa shape index (κ3) is 4.26. The zero-order valence-corrected chi connectivity index (χ0v) is 23.5. The van der Waals surface area contributed by atoms with Gasteiger partial charge in [0.25, 0.3) is 0 Å². The molecule has 0 unspecified atom stereocenters. The normalized spacial score (nSPS) is 22.8. The summed E-state index contributed by atoms with van der Waals surface area (Å²) in [5.74, 6) is -0.208. The first-order valence-electron chi connectivity index (χ1n) is 14.1. The molecule has 0 radical (unpaired) electrons. The summed E-state index contributed by atoms with van der Waals surface area (Å²) in [7, 11) is 0. The van der Waals surface area contributed by atoms with Crippen molar-refractivity contribution in [2.24, 2.45) is 0 Å². The number of hydrogen-bond acceptors (Lipinski definition) is 6. The summed E-state index contributed by atoms with van der Waals surface area (Å²) in [6.45, 7) is 2.41. The summed E-state index contributed by atoms with van der Waals surface area (Å²) < 4.78 is 14.5. The Kier molecular flexibility index (Phi) is 6.40. The molecule has 3 fully saturated rings. The monoisotopic (exact) mass is 566 g/mol. The second-order valence-corrected chi connectivity index (χ2v) is 13.1. The minimum absolute atomic E-state index is 0.104. The number of rotatable bonds is 6. The van der Waals surface area contributed by atoms with Gasteiger partial charge in [-0.05, 0) is 68.4 Å². The standard InChI is InChI=1S/C30H32ClFN4O2S/c31-20-13-19-3-1-11-35(21-16-30(7-2-8-30)34(17-21)12-9-32)28(19)24(14-20)23-6-10-33-25-15-22(39-29(23)25)18-36-26(37)4-5-27(36)38/h6,10,13-15,21H,1-5,7-9,11-12,16-18H2/t21-/m0/s1. The van der Waals surface area contributed by atoms with Crippen LogP contribution < -0.4 is 4.90 Å². The third-order valence-corrected chi connectivity index (χ3v) is 10.7. The predicted octanol–water partition coefficient (Wildman–Crippen LogP) is 5.98. The molecule has 1 spiro atoms. The number of aromatic nitrogens is 1. The van der Waals surface area contributed by atoms with Crippen LogP contribution in [0.25, 0.3) is 21.3 Å². The van der Waals surface area contributed by atoms with Gasteiger partial charge in [-0.3, -0.25) is 24.4 Å². The molecule has 7 rings (SSSR count). The maximum atomic E-state index is 13.5. The van der Waals surface area contributed by atoms with Crippen molar-refractivity contribution in [2.45, 2.75) is 69.5 Å². The molecule has 3 aliphatic heterocycles. The molecule has 39 heavy (non-hydrogen) atoms. The van der Waals surface area contributed by atoms with Crippen molar-refractivity contribution < 1.29 is 14.0 Å². The van der Waals surface area contributed by atoms with Gasteiger partial charge in [0.15, 0.2) is 0 Å². The Balaban J connectivity index is 1.29. The Morgan fingerprint density at radius 1 is 1.08 bits per heavy atom. The van der Waals surface area contributed by atoms with E-state index in [1.807, 2.05) is 12.3 Å². The van der Waals surface area contributed by atoms with Crippen LogP contribution in [0.5, 0.6) is 0 Å². The molecule has 9 heteroatoms. The lowest BCUT2D eigenvalue weighted by Crippen LogP contribution is -2.49. The summed E-state index contributed by atoms with van der Waals surface area (Å²) in [5, 5.41) is 0.724. The van der Waals surface area contributed by atoms with Crippen LogP contribution in [0.2, 0.25) is 5.02 Å². The number of carbonyl (C=O) groups is 2. The molecular weight excluding hydrogens is 535 g/mol. The SMILES string of the molecule is O=C1CCC(=O)N1Cc1cc2nccc(-c3cc(Cl)cc4c3N([C@@H]3CN(CCF)C5(CCC5)C3)CCC4)c2s1. The maximum absolute atomic E-state index is 13.5. The average molecular weight is 567 g/mol. The van der Waals surface area contributed by atoms with Crippen molar-refractivity contribution in [3.8, 4) is 11.1 Å². The number of fused-ring (bicyclic) bond motifs is 2. The number of hydrogen-bond donors (Lipinski definition) is 0. The highest BCUT2D eigenvalue weighted by molar-refractivity contribution is 7.19. The summed E-state index contributed by atoms with van der Waals surface area (Å²) in [4.78, 5) is 36.4. The fourth-order valence-electron chi connectivity index (χ4n) is 7.36. The number of aryl methyl sites for hydroxylation is 1. The van der Waals surface area contributed by atoms with E-state index in [9.17, 15) is 14.0 Å². The van der Waals surface area contributed by atoms with Crippen molar-refractivity contribution in [1.29, 1.82) is 0 Å². The molecule has 1 aliphatic carbocycles. The largest absolute Gasteiger partial charge is 0.366 e. The second kappa shape index (κ2) is 9.82. The minimum Gasteiger partial charge on any atom is -0.366 e. The van der Waals surface area contributed by atoms with Crippen molar-refractivity contribution in [1.82, 2.24) is 14.8 Å². The maximum Gasteiger partial charge on any atom is 0.230 e. The van der Waals surface area contributed by atoms with E-state index in [4.69, 9.17) is 11.6 Å².